The second kappa shape index (κ2) is 6.15. The van der Waals surface area contributed by atoms with Gasteiger partial charge in [-0.3, -0.25) is 4.68 Å². The summed E-state index contributed by atoms with van der Waals surface area (Å²) < 4.78 is 1.98. The van der Waals surface area contributed by atoms with Crippen LogP contribution < -0.4 is 5.32 Å². The molecule has 0 radical (unpaired) electrons. The van der Waals surface area contributed by atoms with Gasteiger partial charge in [-0.05, 0) is 25.3 Å². The zero-order chi connectivity index (χ0) is 12.9. The average molecular weight is 238 g/mol. The van der Waals surface area contributed by atoms with Gasteiger partial charge in [0.1, 0.15) is 12.2 Å². The topological polar surface area (TPSA) is 42.7 Å². The molecule has 0 saturated heterocycles. The van der Waals surface area contributed by atoms with Crippen LogP contribution in [-0.2, 0) is 13.0 Å². The van der Waals surface area contributed by atoms with Gasteiger partial charge in [0, 0.05) is 19.0 Å². The summed E-state index contributed by atoms with van der Waals surface area (Å²) in [6.45, 7) is 13.1. The monoisotopic (exact) mass is 238 g/mol. The lowest BCUT2D eigenvalue weighted by Gasteiger charge is -2.31. The fourth-order valence-electron chi connectivity index (χ4n) is 1.90. The summed E-state index contributed by atoms with van der Waals surface area (Å²) in [5.74, 6) is 1.08. The largest absolute Gasteiger partial charge is 0.313 e. The molecule has 17 heavy (non-hydrogen) atoms. The molecule has 4 nitrogen and oxygen atoms in total. The van der Waals surface area contributed by atoms with Crippen LogP contribution in [0.25, 0.3) is 0 Å². The van der Waals surface area contributed by atoms with Crippen LogP contribution in [0.2, 0.25) is 0 Å². The van der Waals surface area contributed by atoms with E-state index in [9.17, 15) is 0 Å². The third-order valence-electron chi connectivity index (χ3n) is 3.07. The smallest absolute Gasteiger partial charge is 0.138 e. The maximum atomic E-state index is 4.36. The summed E-state index contributed by atoms with van der Waals surface area (Å²) >= 11 is 0. The normalized spacial score (nSPS) is 13.9. The molecule has 1 heterocycles. The van der Waals surface area contributed by atoms with Gasteiger partial charge in [-0.1, -0.05) is 27.7 Å². The lowest BCUT2D eigenvalue weighted by atomic mass is 9.84. The molecular formula is C13H26N4. The van der Waals surface area contributed by atoms with Crippen molar-refractivity contribution in [1.82, 2.24) is 20.1 Å². The summed E-state index contributed by atoms with van der Waals surface area (Å²) in [5.41, 5.74) is 0.236. The highest BCUT2D eigenvalue weighted by Gasteiger charge is 2.25. The highest BCUT2D eigenvalue weighted by atomic mass is 15.3. The van der Waals surface area contributed by atoms with Crippen LogP contribution in [-0.4, -0.2) is 27.4 Å². The molecule has 1 N–H and O–H groups in total. The van der Waals surface area contributed by atoms with Crippen molar-refractivity contribution in [1.29, 1.82) is 0 Å². The van der Waals surface area contributed by atoms with Crippen LogP contribution in [0, 0.1) is 5.41 Å². The first-order valence-electron chi connectivity index (χ1n) is 6.59. The van der Waals surface area contributed by atoms with Crippen LogP contribution in [0.15, 0.2) is 6.33 Å². The van der Waals surface area contributed by atoms with Crippen molar-refractivity contribution >= 4 is 0 Å². The number of hydrogen-bond donors (Lipinski definition) is 1. The van der Waals surface area contributed by atoms with Crippen molar-refractivity contribution in [2.45, 2.75) is 60.0 Å². The van der Waals surface area contributed by atoms with Gasteiger partial charge in [0.15, 0.2) is 0 Å². The maximum absolute atomic E-state index is 4.36. The Morgan fingerprint density at radius 2 is 2.06 bits per heavy atom. The third-order valence-corrected chi connectivity index (χ3v) is 3.07. The Kier molecular flexibility index (Phi) is 5.12. The van der Waals surface area contributed by atoms with E-state index >= 15 is 0 Å². The Labute approximate surface area is 105 Å². The van der Waals surface area contributed by atoms with Crippen molar-refractivity contribution in [3.05, 3.63) is 12.2 Å². The second-order valence-electron chi connectivity index (χ2n) is 5.57. The highest BCUT2D eigenvalue weighted by molar-refractivity contribution is 4.94. The Bertz CT molecular complexity index is 324. The Hall–Kier alpha value is -0.900. The number of nitrogens with zero attached hydrogens (tertiary/aromatic N) is 3. The molecule has 0 saturated carbocycles. The number of hydrogen-bond acceptors (Lipinski definition) is 3. The van der Waals surface area contributed by atoms with Gasteiger partial charge in [-0.2, -0.15) is 5.10 Å². The van der Waals surface area contributed by atoms with E-state index in [2.05, 4.69) is 50.0 Å². The van der Waals surface area contributed by atoms with E-state index < -0.39 is 0 Å². The molecule has 0 aromatic carbocycles. The van der Waals surface area contributed by atoms with E-state index in [-0.39, 0.29) is 5.41 Å². The third kappa shape index (κ3) is 4.11. The fraction of sp³-hybridized carbons (Fsp3) is 0.846. The number of rotatable bonds is 6. The van der Waals surface area contributed by atoms with Crippen molar-refractivity contribution < 1.29 is 0 Å². The lowest BCUT2D eigenvalue weighted by Crippen LogP contribution is -2.43. The molecule has 0 aliphatic carbocycles. The quantitative estimate of drug-likeness (QED) is 0.826. The van der Waals surface area contributed by atoms with Gasteiger partial charge in [0.05, 0.1) is 0 Å². The molecule has 0 spiro atoms. The first-order chi connectivity index (χ1) is 7.99. The molecule has 1 atom stereocenters. The van der Waals surface area contributed by atoms with E-state index in [1.807, 2.05) is 4.68 Å². The first kappa shape index (κ1) is 14.2. The van der Waals surface area contributed by atoms with E-state index in [0.29, 0.717) is 6.04 Å². The minimum absolute atomic E-state index is 0.236. The Morgan fingerprint density at radius 3 is 2.59 bits per heavy atom. The summed E-state index contributed by atoms with van der Waals surface area (Å²) in [5, 5.41) is 7.85. The van der Waals surface area contributed by atoms with E-state index in [1.54, 1.807) is 6.33 Å². The zero-order valence-electron chi connectivity index (χ0n) is 11.8. The van der Waals surface area contributed by atoms with Crippen molar-refractivity contribution in [3.8, 4) is 0 Å². The van der Waals surface area contributed by atoms with Crippen LogP contribution in [0.3, 0.4) is 0 Å². The van der Waals surface area contributed by atoms with Gasteiger partial charge >= 0.3 is 0 Å². The number of nitrogens with one attached hydrogen (secondary N) is 1. The summed E-state index contributed by atoms with van der Waals surface area (Å²) in [6, 6.07) is 0.442. The second-order valence-corrected chi connectivity index (χ2v) is 5.57. The van der Waals surface area contributed by atoms with Crippen LogP contribution in [0.1, 0.15) is 46.9 Å². The lowest BCUT2D eigenvalue weighted by molar-refractivity contribution is 0.261. The van der Waals surface area contributed by atoms with Crippen LogP contribution >= 0.6 is 0 Å². The van der Waals surface area contributed by atoms with Crippen molar-refractivity contribution in [3.63, 3.8) is 0 Å². The number of aryl methyl sites for hydroxylation is 1. The minimum Gasteiger partial charge on any atom is -0.313 e. The molecular weight excluding hydrogens is 212 g/mol. The molecule has 0 amide bonds. The van der Waals surface area contributed by atoms with Gasteiger partial charge in [-0.25, -0.2) is 4.98 Å². The highest BCUT2D eigenvalue weighted by Crippen LogP contribution is 2.22. The molecule has 0 aliphatic rings. The zero-order valence-corrected chi connectivity index (χ0v) is 11.8. The molecule has 1 aromatic rings. The predicted molar refractivity (Wildman–Crippen MR) is 70.9 cm³/mol. The SMILES string of the molecule is CCCNC(Cc1ncnn1CC)C(C)(C)C. The fourth-order valence-corrected chi connectivity index (χ4v) is 1.90. The summed E-state index contributed by atoms with van der Waals surface area (Å²) in [6.07, 6.45) is 3.75. The van der Waals surface area contributed by atoms with Crippen LogP contribution in [0.4, 0.5) is 0 Å². The molecule has 0 aliphatic heterocycles. The van der Waals surface area contributed by atoms with Crippen molar-refractivity contribution in [2.24, 2.45) is 5.41 Å². The average Bonchev–Trinajstić information content (AvgIpc) is 2.69. The molecule has 4 heteroatoms. The van der Waals surface area contributed by atoms with Gasteiger partial charge in [-0.15, -0.1) is 0 Å². The molecule has 98 valence electrons. The standard InChI is InChI=1S/C13H26N4/c1-6-8-14-11(13(3,4)5)9-12-15-10-16-17(12)7-2/h10-11,14H,6-9H2,1-5H3. The predicted octanol–water partition coefficient (Wildman–Crippen LogP) is 2.25. The molecule has 1 rings (SSSR count). The summed E-state index contributed by atoms with van der Waals surface area (Å²) in [7, 11) is 0. The molecule has 1 unspecified atom stereocenters. The van der Waals surface area contributed by atoms with Crippen molar-refractivity contribution in [2.75, 3.05) is 6.54 Å². The summed E-state index contributed by atoms with van der Waals surface area (Å²) in [4.78, 5) is 4.36. The van der Waals surface area contributed by atoms with Gasteiger partial charge in [0.2, 0.25) is 0 Å². The molecule has 0 bridgehead atoms. The van der Waals surface area contributed by atoms with Gasteiger partial charge in [0.25, 0.3) is 0 Å². The Morgan fingerprint density at radius 1 is 1.35 bits per heavy atom. The van der Waals surface area contributed by atoms with E-state index in [4.69, 9.17) is 0 Å². The van der Waals surface area contributed by atoms with Gasteiger partial charge < -0.3 is 5.32 Å². The molecule has 0 fully saturated rings. The minimum atomic E-state index is 0.236. The van der Waals surface area contributed by atoms with E-state index in [1.165, 1.54) is 0 Å². The number of aromatic nitrogens is 3. The first-order valence-corrected chi connectivity index (χ1v) is 6.59. The van der Waals surface area contributed by atoms with Crippen LogP contribution in [0.5, 0.6) is 0 Å². The maximum Gasteiger partial charge on any atom is 0.138 e. The Balaban J connectivity index is 2.72. The molecule has 1 aromatic heterocycles. The van der Waals surface area contributed by atoms with E-state index in [0.717, 1.165) is 31.8 Å².